The van der Waals surface area contributed by atoms with Crippen molar-refractivity contribution in [3.63, 3.8) is 0 Å². The molecule has 0 saturated carbocycles. The molecule has 20 heavy (non-hydrogen) atoms. The number of carbonyl (C=O) groups is 1. The van der Waals surface area contributed by atoms with Crippen molar-refractivity contribution in [1.82, 2.24) is 15.5 Å². The molecule has 0 spiro atoms. The number of hydrogen-bond acceptors (Lipinski definition) is 3. The maximum Gasteiger partial charge on any atom is 0.435 e. The van der Waals surface area contributed by atoms with Gasteiger partial charge in [0.25, 0.3) is 5.91 Å². The van der Waals surface area contributed by atoms with Crippen LogP contribution in [0.15, 0.2) is 12.2 Å². The molecule has 2 atom stereocenters. The molecule has 0 fully saturated rings. The van der Waals surface area contributed by atoms with Crippen molar-refractivity contribution in [3.8, 4) is 0 Å². The van der Waals surface area contributed by atoms with Crippen molar-refractivity contribution in [2.24, 2.45) is 5.92 Å². The molecule has 2 rings (SSSR count). The SMILES string of the molecule is Cc1[nH]nc(C(F)(F)F)c1C(=O)N[C@@H]1C=C[C@H](CO)C1. The van der Waals surface area contributed by atoms with E-state index in [-0.39, 0.29) is 24.3 Å². The lowest BCUT2D eigenvalue weighted by molar-refractivity contribution is -0.141. The van der Waals surface area contributed by atoms with Crippen LogP contribution in [0.25, 0.3) is 0 Å². The van der Waals surface area contributed by atoms with Gasteiger partial charge < -0.3 is 10.4 Å². The first-order chi connectivity index (χ1) is 9.32. The number of aryl methyl sites for hydroxylation is 1. The van der Waals surface area contributed by atoms with E-state index >= 15 is 0 Å². The van der Waals surface area contributed by atoms with Crippen molar-refractivity contribution in [2.45, 2.75) is 25.6 Å². The van der Waals surface area contributed by atoms with E-state index in [2.05, 4.69) is 15.5 Å². The van der Waals surface area contributed by atoms with E-state index in [9.17, 15) is 18.0 Å². The standard InChI is InChI=1S/C12H14F3N3O2/c1-6-9(10(18-17-6)12(13,14)15)11(20)16-8-3-2-7(4-8)5-19/h2-3,7-8,19H,4-5H2,1H3,(H,16,20)(H,17,18)/t7-,8+/m0/s1. The lowest BCUT2D eigenvalue weighted by Gasteiger charge is -2.13. The van der Waals surface area contributed by atoms with Gasteiger partial charge in [-0.15, -0.1) is 0 Å². The van der Waals surface area contributed by atoms with E-state index in [4.69, 9.17) is 5.11 Å². The molecule has 0 aliphatic heterocycles. The van der Waals surface area contributed by atoms with Crippen LogP contribution < -0.4 is 5.32 Å². The molecule has 0 saturated heterocycles. The van der Waals surface area contributed by atoms with Gasteiger partial charge in [-0.3, -0.25) is 9.89 Å². The minimum Gasteiger partial charge on any atom is -0.396 e. The molecule has 8 heteroatoms. The molecule has 1 heterocycles. The largest absolute Gasteiger partial charge is 0.435 e. The number of nitrogens with zero attached hydrogens (tertiary/aromatic N) is 1. The highest BCUT2D eigenvalue weighted by molar-refractivity contribution is 5.96. The van der Waals surface area contributed by atoms with Crippen molar-refractivity contribution in [2.75, 3.05) is 6.61 Å². The van der Waals surface area contributed by atoms with E-state index in [0.717, 1.165) is 0 Å². The summed E-state index contributed by atoms with van der Waals surface area (Å²) in [5.74, 6) is -0.898. The average Bonchev–Trinajstić information content (AvgIpc) is 2.94. The van der Waals surface area contributed by atoms with Crippen LogP contribution in [0.4, 0.5) is 13.2 Å². The predicted molar refractivity (Wildman–Crippen MR) is 63.9 cm³/mol. The fourth-order valence-electron chi connectivity index (χ4n) is 2.17. The average molecular weight is 289 g/mol. The smallest absolute Gasteiger partial charge is 0.396 e. The molecule has 3 N–H and O–H groups in total. The Labute approximate surface area is 112 Å². The van der Waals surface area contributed by atoms with Gasteiger partial charge >= 0.3 is 6.18 Å². The van der Waals surface area contributed by atoms with Gasteiger partial charge in [-0.25, -0.2) is 0 Å². The summed E-state index contributed by atoms with van der Waals surface area (Å²) < 4.78 is 38.2. The number of amides is 1. The third-order valence-electron chi connectivity index (χ3n) is 3.17. The Kier molecular flexibility index (Phi) is 3.85. The molecule has 1 aliphatic carbocycles. The lowest BCUT2D eigenvalue weighted by atomic mass is 10.1. The Morgan fingerprint density at radius 3 is 2.80 bits per heavy atom. The minimum absolute atomic E-state index is 0.0542. The maximum absolute atomic E-state index is 12.7. The van der Waals surface area contributed by atoms with Crippen molar-refractivity contribution in [3.05, 3.63) is 29.1 Å². The number of alkyl halides is 3. The molecule has 0 aromatic carbocycles. The van der Waals surface area contributed by atoms with Crippen molar-refractivity contribution >= 4 is 5.91 Å². The number of aliphatic hydroxyl groups is 1. The monoisotopic (exact) mass is 289 g/mol. The molecular weight excluding hydrogens is 275 g/mol. The number of H-pyrrole nitrogens is 1. The fourth-order valence-corrected chi connectivity index (χ4v) is 2.17. The van der Waals surface area contributed by atoms with Gasteiger partial charge in [0.15, 0.2) is 5.69 Å². The molecule has 1 aliphatic rings. The Morgan fingerprint density at radius 2 is 2.25 bits per heavy atom. The molecule has 1 amide bonds. The van der Waals surface area contributed by atoms with Crippen LogP contribution in [0.1, 0.15) is 28.2 Å². The number of aromatic amines is 1. The topological polar surface area (TPSA) is 78.0 Å². The predicted octanol–water partition coefficient (Wildman–Crippen LogP) is 1.40. The van der Waals surface area contributed by atoms with Gasteiger partial charge in [-0.05, 0) is 13.3 Å². The lowest BCUT2D eigenvalue weighted by Crippen LogP contribution is -2.34. The van der Waals surface area contributed by atoms with E-state index in [1.165, 1.54) is 6.92 Å². The summed E-state index contributed by atoms with van der Waals surface area (Å²) >= 11 is 0. The normalized spacial score (nSPS) is 22.2. The van der Waals surface area contributed by atoms with Crippen molar-refractivity contribution in [1.29, 1.82) is 0 Å². The molecule has 0 radical (unpaired) electrons. The van der Waals surface area contributed by atoms with Gasteiger partial charge in [-0.1, -0.05) is 12.2 Å². The third kappa shape index (κ3) is 2.84. The van der Waals surface area contributed by atoms with Gasteiger partial charge in [0.05, 0.1) is 5.56 Å². The molecule has 0 bridgehead atoms. The first kappa shape index (κ1) is 14.6. The van der Waals surface area contributed by atoms with Gasteiger partial charge in [-0.2, -0.15) is 18.3 Å². The first-order valence-electron chi connectivity index (χ1n) is 6.05. The number of nitrogens with one attached hydrogen (secondary N) is 2. The van der Waals surface area contributed by atoms with Crippen LogP contribution in [-0.4, -0.2) is 33.9 Å². The second kappa shape index (κ2) is 5.28. The zero-order valence-corrected chi connectivity index (χ0v) is 10.7. The highest BCUT2D eigenvalue weighted by atomic mass is 19.4. The van der Waals surface area contributed by atoms with E-state index in [1.54, 1.807) is 12.2 Å². The quantitative estimate of drug-likeness (QED) is 0.736. The van der Waals surface area contributed by atoms with E-state index < -0.39 is 23.3 Å². The zero-order valence-electron chi connectivity index (χ0n) is 10.7. The number of aromatic nitrogens is 2. The summed E-state index contributed by atoms with van der Waals surface area (Å²) in [4.78, 5) is 12.0. The summed E-state index contributed by atoms with van der Waals surface area (Å²) in [5.41, 5.74) is -1.64. The summed E-state index contributed by atoms with van der Waals surface area (Å²) in [6.45, 7) is 1.31. The van der Waals surface area contributed by atoms with Crippen LogP contribution in [0, 0.1) is 12.8 Å². The van der Waals surface area contributed by atoms with Crippen LogP contribution in [0.2, 0.25) is 0 Å². The summed E-state index contributed by atoms with van der Waals surface area (Å²) in [6, 6.07) is -0.380. The first-order valence-corrected chi connectivity index (χ1v) is 6.05. The van der Waals surface area contributed by atoms with Gasteiger partial charge in [0.1, 0.15) is 0 Å². The minimum atomic E-state index is -4.68. The third-order valence-corrected chi connectivity index (χ3v) is 3.17. The highest BCUT2D eigenvalue weighted by Crippen LogP contribution is 2.31. The molecule has 1 aromatic rings. The number of rotatable bonds is 3. The Balaban J connectivity index is 2.15. The number of hydrogen-bond donors (Lipinski definition) is 3. The van der Waals surface area contributed by atoms with Gasteiger partial charge in [0, 0.05) is 24.3 Å². The number of aliphatic hydroxyl groups excluding tert-OH is 1. The maximum atomic E-state index is 12.7. The second-order valence-electron chi connectivity index (χ2n) is 4.71. The molecular formula is C12H14F3N3O2. The Hall–Kier alpha value is -1.83. The second-order valence-corrected chi connectivity index (χ2v) is 4.71. The van der Waals surface area contributed by atoms with Gasteiger partial charge in [0.2, 0.25) is 0 Å². The zero-order chi connectivity index (χ0) is 14.9. The number of halogens is 3. The van der Waals surface area contributed by atoms with Crippen molar-refractivity contribution < 1.29 is 23.1 Å². The molecule has 1 aromatic heterocycles. The summed E-state index contributed by atoms with van der Waals surface area (Å²) in [6.07, 6.45) is -0.809. The fraction of sp³-hybridized carbons (Fsp3) is 0.500. The summed E-state index contributed by atoms with van der Waals surface area (Å²) in [7, 11) is 0. The van der Waals surface area contributed by atoms with Crippen LogP contribution in [0.5, 0.6) is 0 Å². The summed E-state index contributed by atoms with van der Waals surface area (Å²) in [5, 5.41) is 16.8. The Morgan fingerprint density at radius 1 is 1.55 bits per heavy atom. The van der Waals surface area contributed by atoms with E-state index in [0.29, 0.717) is 6.42 Å². The molecule has 0 unspecified atom stereocenters. The Bertz CT molecular complexity index is 537. The molecule has 5 nitrogen and oxygen atoms in total. The molecule has 110 valence electrons. The van der Waals surface area contributed by atoms with Crippen LogP contribution >= 0.6 is 0 Å². The van der Waals surface area contributed by atoms with E-state index in [1.807, 2.05) is 0 Å². The van der Waals surface area contributed by atoms with Crippen LogP contribution in [0.3, 0.4) is 0 Å². The van der Waals surface area contributed by atoms with Crippen LogP contribution in [-0.2, 0) is 6.18 Å². The number of carbonyl (C=O) groups excluding carboxylic acids is 1. The highest BCUT2D eigenvalue weighted by Gasteiger charge is 2.40.